The summed E-state index contributed by atoms with van der Waals surface area (Å²) in [5.41, 5.74) is 1.44. The maximum Gasteiger partial charge on any atom is 0.0228 e. The maximum atomic E-state index is 3.22. The molecule has 0 nitrogen and oxygen atoms in total. The minimum absolute atomic E-state index is 1.07. The van der Waals surface area contributed by atoms with Gasteiger partial charge in [0.05, 0.1) is 0 Å². The molecule has 0 spiro atoms. The number of benzene rings is 1. The van der Waals surface area contributed by atoms with E-state index in [1.807, 2.05) is 23.9 Å². The van der Waals surface area contributed by atoms with Crippen LogP contribution in [0, 0.1) is 6.07 Å². The predicted octanol–water partition coefficient (Wildman–Crippen LogP) is 3.86. The Kier molecular flexibility index (Phi) is 3.47. The normalized spacial score (nSPS) is 15.3. The molecule has 0 aromatic heterocycles. The SMILES string of the molecule is [c]1ccccc1SCC1=CCCC=C1. The van der Waals surface area contributed by atoms with Gasteiger partial charge in [0.15, 0.2) is 0 Å². The van der Waals surface area contributed by atoms with Gasteiger partial charge in [0, 0.05) is 10.6 Å². The van der Waals surface area contributed by atoms with E-state index in [4.69, 9.17) is 0 Å². The van der Waals surface area contributed by atoms with Gasteiger partial charge in [-0.05, 0) is 30.5 Å². The van der Waals surface area contributed by atoms with Gasteiger partial charge in [-0.2, -0.15) is 0 Å². The van der Waals surface area contributed by atoms with Crippen molar-refractivity contribution in [3.05, 3.63) is 54.1 Å². The van der Waals surface area contributed by atoms with Crippen molar-refractivity contribution in [2.45, 2.75) is 17.7 Å². The summed E-state index contributed by atoms with van der Waals surface area (Å²) in [7, 11) is 0. The molecule has 1 aromatic carbocycles. The van der Waals surface area contributed by atoms with Gasteiger partial charge in [0.1, 0.15) is 0 Å². The smallest absolute Gasteiger partial charge is 0.0228 e. The predicted molar refractivity (Wildman–Crippen MR) is 62.5 cm³/mol. The van der Waals surface area contributed by atoms with Gasteiger partial charge in [-0.25, -0.2) is 0 Å². The van der Waals surface area contributed by atoms with Gasteiger partial charge >= 0.3 is 0 Å². The van der Waals surface area contributed by atoms with E-state index in [1.54, 1.807) is 0 Å². The summed E-state index contributed by atoms with van der Waals surface area (Å²) in [5.74, 6) is 1.07. The second-order valence-electron chi connectivity index (χ2n) is 3.27. The van der Waals surface area contributed by atoms with Crippen molar-refractivity contribution in [1.29, 1.82) is 0 Å². The first-order chi connectivity index (χ1) is 6.95. The van der Waals surface area contributed by atoms with Crippen LogP contribution in [-0.4, -0.2) is 5.75 Å². The van der Waals surface area contributed by atoms with Gasteiger partial charge in [-0.3, -0.25) is 0 Å². The fourth-order valence-corrected chi connectivity index (χ4v) is 2.26. The summed E-state index contributed by atoms with van der Waals surface area (Å²) in [6, 6.07) is 11.4. The topological polar surface area (TPSA) is 0 Å². The van der Waals surface area contributed by atoms with Crippen molar-refractivity contribution >= 4 is 11.8 Å². The molecule has 0 amide bonds. The third kappa shape index (κ3) is 2.78. The molecule has 2 rings (SSSR count). The first kappa shape index (κ1) is 9.60. The van der Waals surface area contributed by atoms with Crippen LogP contribution < -0.4 is 0 Å². The molecule has 1 heteroatoms. The Morgan fingerprint density at radius 3 is 3.00 bits per heavy atom. The van der Waals surface area contributed by atoms with Crippen molar-refractivity contribution in [1.82, 2.24) is 0 Å². The zero-order chi connectivity index (χ0) is 9.64. The minimum atomic E-state index is 1.07. The molecule has 71 valence electrons. The second kappa shape index (κ2) is 5.06. The molecule has 0 N–H and O–H groups in total. The van der Waals surface area contributed by atoms with Crippen LogP contribution in [0.15, 0.2) is 53.0 Å². The van der Waals surface area contributed by atoms with E-state index in [0.29, 0.717) is 0 Å². The Hall–Kier alpha value is -0.950. The molecule has 14 heavy (non-hydrogen) atoms. The average molecular weight is 201 g/mol. The molecule has 1 radical (unpaired) electrons. The Bertz CT molecular complexity index is 336. The highest BCUT2D eigenvalue weighted by atomic mass is 32.2. The van der Waals surface area contributed by atoms with Crippen molar-refractivity contribution in [2.75, 3.05) is 5.75 Å². The molecule has 0 fully saturated rings. The van der Waals surface area contributed by atoms with E-state index < -0.39 is 0 Å². The third-order valence-electron chi connectivity index (χ3n) is 2.15. The lowest BCUT2D eigenvalue weighted by atomic mass is 10.1. The number of allylic oxidation sites excluding steroid dienone is 3. The molecule has 1 aromatic rings. The molecule has 0 heterocycles. The largest absolute Gasteiger partial charge is 0.121 e. The fraction of sp³-hybridized carbons (Fsp3) is 0.231. The first-order valence-electron chi connectivity index (χ1n) is 4.90. The van der Waals surface area contributed by atoms with Crippen LogP contribution in [0.2, 0.25) is 0 Å². The van der Waals surface area contributed by atoms with E-state index in [9.17, 15) is 0 Å². The zero-order valence-electron chi connectivity index (χ0n) is 8.07. The third-order valence-corrected chi connectivity index (χ3v) is 3.19. The van der Waals surface area contributed by atoms with Gasteiger partial charge in [-0.1, -0.05) is 36.4 Å². The molecule has 0 saturated heterocycles. The van der Waals surface area contributed by atoms with Gasteiger partial charge < -0.3 is 0 Å². The summed E-state index contributed by atoms with van der Waals surface area (Å²) >= 11 is 1.85. The molecule has 1 aliphatic rings. The van der Waals surface area contributed by atoms with Crippen LogP contribution in [0.1, 0.15) is 12.8 Å². The Balaban J connectivity index is 1.88. The lowest BCUT2D eigenvalue weighted by Gasteiger charge is -2.05. The number of thioether (sulfide) groups is 1. The lowest BCUT2D eigenvalue weighted by Crippen LogP contribution is -1.88. The summed E-state index contributed by atoms with van der Waals surface area (Å²) in [4.78, 5) is 1.23. The van der Waals surface area contributed by atoms with Crippen molar-refractivity contribution in [3.63, 3.8) is 0 Å². The highest BCUT2D eigenvalue weighted by Crippen LogP contribution is 2.21. The highest BCUT2D eigenvalue weighted by Gasteiger charge is 1.98. The van der Waals surface area contributed by atoms with E-state index in [2.05, 4.69) is 36.4 Å². The van der Waals surface area contributed by atoms with Crippen LogP contribution in [-0.2, 0) is 0 Å². The minimum Gasteiger partial charge on any atom is -0.121 e. The van der Waals surface area contributed by atoms with E-state index in [1.165, 1.54) is 23.3 Å². The molecular weight excluding hydrogens is 188 g/mol. The fourth-order valence-electron chi connectivity index (χ4n) is 1.40. The second-order valence-corrected chi connectivity index (χ2v) is 4.29. The number of rotatable bonds is 3. The van der Waals surface area contributed by atoms with Gasteiger partial charge in [0.25, 0.3) is 0 Å². The van der Waals surface area contributed by atoms with Crippen LogP contribution in [0.5, 0.6) is 0 Å². The van der Waals surface area contributed by atoms with E-state index in [-0.39, 0.29) is 0 Å². The molecule has 0 atom stereocenters. The molecule has 0 aliphatic heterocycles. The Morgan fingerprint density at radius 1 is 1.29 bits per heavy atom. The van der Waals surface area contributed by atoms with Crippen LogP contribution in [0.25, 0.3) is 0 Å². The Labute approximate surface area is 89.7 Å². The van der Waals surface area contributed by atoms with Crippen LogP contribution >= 0.6 is 11.8 Å². The standard InChI is InChI=1S/C13H13S/c1-3-7-12(8-4-1)11-14-13-9-5-2-6-10-13/h2-3,5-9H,1,4,11H2. The maximum absolute atomic E-state index is 3.22. The number of hydrogen-bond donors (Lipinski definition) is 0. The van der Waals surface area contributed by atoms with Crippen LogP contribution in [0.3, 0.4) is 0 Å². The van der Waals surface area contributed by atoms with Gasteiger partial charge in [0.2, 0.25) is 0 Å². The first-order valence-corrected chi connectivity index (χ1v) is 5.89. The summed E-state index contributed by atoms with van der Waals surface area (Å²) < 4.78 is 0. The van der Waals surface area contributed by atoms with E-state index in [0.717, 1.165) is 5.75 Å². The van der Waals surface area contributed by atoms with Gasteiger partial charge in [-0.15, -0.1) is 11.8 Å². The summed E-state index contributed by atoms with van der Waals surface area (Å²) in [5, 5.41) is 0. The molecule has 1 aliphatic carbocycles. The van der Waals surface area contributed by atoms with Crippen LogP contribution in [0.4, 0.5) is 0 Å². The monoisotopic (exact) mass is 201 g/mol. The average Bonchev–Trinajstić information content (AvgIpc) is 2.29. The summed E-state index contributed by atoms with van der Waals surface area (Å²) in [6.07, 6.45) is 9.22. The van der Waals surface area contributed by atoms with Crippen molar-refractivity contribution in [3.8, 4) is 0 Å². The van der Waals surface area contributed by atoms with E-state index >= 15 is 0 Å². The highest BCUT2D eigenvalue weighted by molar-refractivity contribution is 7.99. The molecule has 0 saturated carbocycles. The zero-order valence-corrected chi connectivity index (χ0v) is 8.89. The lowest BCUT2D eigenvalue weighted by molar-refractivity contribution is 1.02. The number of hydrogen-bond acceptors (Lipinski definition) is 1. The van der Waals surface area contributed by atoms with Crippen molar-refractivity contribution < 1.29 is 0 Å². The molecule has 0 unspecified atom stereocenters. The quantitative estimate of drug-likeness (QED) is 0.669. The molecule has 0 bridgehead atoms. The molecular formula is C13H13S. The summed E-state index contributed by atoms with van der Waals surface area (Å²) in [6.45, 7) is 0. The van der Waals surface area contributed by atoms with Crippen molar-refractivity contribution in [2.24, 2.45) is 0 Å². The Morgan fingerprint density at radius 2 is 2.29 bits per heavy atom.